The molecule has 0 aliphatic carbocycles. The first-order valence-corrected chi connectivity index (χ1v) is 8.57. The molecule has 3 aromatic rings. The number of carbonyl (C=O) groups is 1. The number of amides is 1. The second-order valence-electron chi connectivity index (χ2n) is 5.90. The molecule has 1 atom stereocenters. The van der Waals surface area contributed by atoms with Crippen LogP contribution in [0.5, 0.6) is 0 Å². The lowest BCUT2D eigenvalue weighted by molar-refractivity contribution is -0.678. The molecule has 3 rings (SSSR count). The summed E-state index contributed by atoms with van der Waals surface area (Å²) in [6, 6.07) is 21.8. The van der Waals surface area contributed by atoms with Crippen molar-refractivity contribution in [2.24, 2.45) is 0 Å². The number of anilines is 1. The number of quaternary nitrogens is 1. The second-order valence-corrected chi connectivity index (χ2v) is 5.90. The number of nitrogens with two attached hydrogens (primary N) is 1. The Morgan fingerprint density at radius 3 is 2.52 bits per heavy atom. The fourth-order valence-electron chi connectivity index (χ4n) is 2.92. The van der Waals surface area contributed by atoms with Crippen molar-refractivity contribution in [3.63, 3.8) is 0 Å². The summed E-state index contributed by atoms with van der Waals surface area (Å²) in [5.74, 6) is 0.821. The molecule has 0 aliphatic heterocycles. The van der Waals surface area contributed by atoms with Crippen molar-refractivity contribution >= 4 is 11.6 Å². The molecule has 3 N–H and O–H groups in total. The van der Waals surface area contributed by atoms with Crippen molar-refractivity contribution in [3.05, 3.63) is 89.9 Å². The quantitative estimate of drug-likeness (QED) is 0.697. The van der Waals surface area contributed by atoms with E-state index in [0.717, 1.165) is 29.0 Å². The summed E-state index contributed by atoms with van der Waals surface area (Å²) in [5, 5.41) is 5.01. The van der Waals surface area contributed by atoms with E-state index in [1.807, 2.05) is 72.0 Å². The summed E-state index contributed by atoms with van der Waals surface area (Å²) in [6.07, 6.45) is 2.55. The van der Waals surface area contributed by atoms with Crippen molar-refractivity contribution in [2.45, 2.75) is 19.4 Å². The van der Waals surface area contributed by atoms with Gasteiger partial charge < -0.3 is 15.1 Å². The Balaban J connectivity index is 1.68. The average molecular weight is 335 g/mol. The zero-order valence-corrected chi connectivity index (χ0v) is 14.3. The predicted molar refractivity (Wildman–Crippen MR) is 98.2 cm³/mol. The maximum Gasteiger partial charge on any atom is 0.279 e. The largest absolute Gasteiger partial charge is 0.463 e. The summed E-state index contributed by atoms with van der Waals surface area (Å²) in [4.78, 5) is 12.4. The molecule has 0 saturated carbocycles. The van der Waals surface area contributed by atoms with Gasteiger partial charge in [0.15, 0.2) is 18.3 Å². The maximum absolute atomic E-state index is 12.4. The van der Waals surface area contributed by atoms with Gasteiger partial charge in [-0.05, 0) is 30.2 Å². The molecule has 1 aromatic heterocycles. The van der Waals surface area contributed by atoms with Gasteiger partial charge >= 0.3 is 0 Å². The SMILES string of the molecule is CCc1ccccc1NC(=O)C[NH2+][C@H](c1ccccc1)c1ccco1. The molecule has 0 fully saturated rings. The minimum absolute atomic E-state index is 0.0200. The smallest absolute Gasteiger partial charge is 0.279 e. The van der Waals surface area contributed by atoms with Crippen LogP contribution in [0.15, 0.2) is 77.4 Å². The highest BCUT2D eigenvalue weighted by Gasteiger charge is 2.21. The van der Waals surface area contributed by atoms with Gasteiger partial charge in [-0.15, -0.1) is 0 Å². The molecule has 0 saturated heterocycles. The Morgan fingerprint density at radius 1 is 1.04 bits per heavy atom. The molecule has 4 heteroatoms. The highest BCUT2D eigenvalue weighted by molar-refractivity contribution is 5.92. The van der Waals surface area contributed by atoms with Crippen molar-refractivity contribution < 1.29 is 14.5 Å². The first kappa shape index (κ1) is 17.0. The van der Waals surface area contributed by atoms with E-state index >= 15 is 0 Å². The van der Waals surface area contributed by atoms with E-state index in [1.165, 1.54) is 0 Å². The minimum atomic E-state index is -0.0385. The average Bonchev–Trinajstić information content (AvgIpc) is 3.18. The van der Waals surface area contributed by atoms with E-state index in [4.69, 9.17) is 4.42 Å². The number of hydrogen-bond acceptors (Lipinski definition) is 2. The zero-order valence-electron chi connectivity index (χ0n) is 14.3. The van der Waals surface area contributed by atoms with Gasteiger partial charge in [0.2, 0.25) is 0 Å². The van der Waals surface area contributed by atoms with Gasteiger partial charge in [0, 0.05) is 11.3 Å². The third-order valence-electron chi connectivity index (χ3n) is 4.22. The van der Waals surface area contributed by atoms with Crippen molar-refractivity contribution in [1.82, 2.24) is 0 Å². The molecule has 0 unspecified atom stereocenters. The van der Waals surface area contributed by atoms with Gasteiger partial charge in [0.25, 0.3) is 5.91 Å². The fraction of sp³-hybridized carbons (Fsp3) is 0.190. The standard InChI is InChI=1S/C21H22N2O2/c1-2-16-9-6-7-12-18(16)23-20(24)15-22-21(19-13-8-14-25-19)17-10-4-3-5-11-17/h3-14,21-22H,2,15H2,1H3,(H,23,24)/p+1/t21-/m1/s1. The Morgan fingerprint density at radius 2 is 1.80 bits per heavy atom. The molecule has 25 heavy (non-hydrogen) atoms. The summed E-state index contributed by atoms with van der Waals surface area (Å²) >= 11 is 0. The monoisotopic (exact) mass is 335 g/mol. The van der Waals surface area contributed by atoms with Crippen LogP contribution >= 0.6 is 0 Å². The highest BCUT2D eigenvalue weighted by atomic mass is 16.3. The molecule has 128 valence electrons. The Kier molecular flexibility index (Phi) is 5.65. The highest BCUT2D eigenvalue weighted by Crippen LogP contribution is 2.18. The lowest BCUT2D eigenvalue weighted by atomic mass is 10.0. The van der Waals surface area contributed by atoms with Gasteiger partial charge in [0.1, 0.15) is 0 Å². The Labute approximate surface area is 147 Å². The van der Waals surface area contributed by atoms with Gasteiger partial charge in [-0.2, -0.15) is 0 Å². The third kappa shape index (κ3) is 4.37. The number of para-hydroxylation sites is 1. The lowest BCUT2D eigenvalue weighted by Gasteiger charge is -2.14. The van der Waals surface area contributed by atoms with Crippen LogP contribution in [0, 0.1) is 0 Å². The van der Waals surface area contributed by atoms with Crippen molar-refractivity contribution in [3.8, 4) is 0 Å². The summed E-state index contributed by atoms with van der Waals surface area (Å²) < 4.78 is 5.57. The van der Waals surface area contributed by atoms with Crippen LogP contribution in [0.4, 0.5) is 5.69 Å². The van der Waals surface area contributed by atoms with Crippen LogP contribution < -0.4 is 10.6 Å². The second kappa shape index (κ2) is 8.31. The molecule has 0 aliphatic rings. The molecule has 4 nitrogen and oxygen atoms in total. The van der Waals surface area contributed by atoms with Crippen LogP contribution in [-0.2, 0) is 11.2 Å². The molecule has 1 heterocycles. The van der Waals surface area contributed by atoms with Gasteiger partial charge in [-0.25, -0.2) is 0 Å². The van der Waals surface area contributed by atoms with E-state index in [-0.39, 0.29) is 11.9 Å². The number of aryl methyl sites for hydroxylation is 1. The molecule has 0 bridgehead atoms. The lowest BCUT2D eigenvalue weighted by Crippen LogP contribution is -2.87. The number of furan rings is 1. The van der Waals surface area contributed by atoms with E-state index in [2.05, 4.69) is 12.2 Å². The molecule has 1 amide bonds. The number of carbonyl (C=O) groups excluding carboxylic acids is 1. The fourth-order valence-corrected chi connectivity index (χ4v) is 2.92. The van der Waals surface area contributed by atoms with E-state index in [9.17, 15) is 4.79 Å². The predicted octanol–water partition coefficient (Wildman–Crippen LogP) is 3.13. The van der Waals surface area contributed by atoms with Crippen LogP contribution in [0.3, 0.4) is 0 Å². The van der Waals surface area contributed by atoms with Crippen LogP contribution in [-0.4, -0.2) is 12.5 Å². The summed E-state index contributed by atoms with van der Waals surface area (Å²) in [7, 11) is 0. The Bertz CT molecular complexity index is 798. The van der Waals surface area contributed by atoms with E-state index in [0.29, 0.717) is 6.54 Å². The van der Waals surface area contributed by atoms with Crippen LogP contribution in [0.25, 0.3) is 0 Å². The maximum atomic E-state index is 12.4. The summed E-state index contributed by atoms with van der Waals surface area (Å²) in [5.41, 5.74) is 3.14. The van der Waals surface area contributed by atoms with Gasteiger partial charge in [-0.3, -0.25) is 4.79 Å². The summed E-state index contributed by atoms with van der Waals surface area (Å²) in [6.45, 7) is 2.40. The number of benzene rings is 2. The number of rotatable bonds is 7. The van der Waals surface area contributed by atoms with Crippen molar-refractivity contribution in [2.75, 3.05) is 11.9 Å². The first-order valence-electron chi connectivity index (χ1n) is 8.57. The molecule has 0 spiro atoms. The minimum Gasteiger partial charge on any atom is -0.463 e. The number of nitrogens with one attached hydrogen (secondary N) is 1. The van der Waals surface area contributed by atoms with Crippen molar-refractivity contribution in [1.29, 1.82) is 0 Å². The normalized spacial score (nSPS) is 11.9. The number of hydrogen-bond donors (Lipinski definition) is 2. The van der Waals surface area contributed by atoms with E-state index in [1.54, 1.807) is 6.26 Å². The molecule has 0 radical (unpaired) electrons. The van der Waals surface area contributed by atoms with Gasteiger partial charge in [0.05, 0.1) is 6.26 Å². The molecular formula is C21H23N2O2+. The molecule has 2 aromatic carbocycles. The third-order valence-corrected chi connectivity index (χ3v) is 4.22. The van der Waals surface area contributed by atoms with Crippen LogP contribution in [0.1, 0.15) is 29.9 Å². The zero-order chi connectivity index (χ0) is 17.5. The van der Waals surface area contributed by atoms with Gasteiger partial charge in [-0.1, -0.05) is 55.5 Å². The molecular weight excluding hydrogens is 312 g/mol. The van der Waals surface area contributed by atoms with Crippen LogP contribution in [0.2, 0.25) is 0 Å². The Hall–Kier alpha value is -2.85. The topological polar surface area (TPSA) is 58.9 Å². The van der Waals surface area contributed by atoms with E-state index < -0.39 is 0 Å². The first-order chi connectivity index (χ1) is 12.3.